The fourth-order valence-electron chi connectivity index (χ4n) is 2.76. The van der Waals surface area contributed by atoms with E-state index in [1.54, 1.807) is 0 Å². The molecule has 12 heteroatoms. The van der Waals surface area contributed by atoms with Crippen molar-refractivity contribution in [1.82, 2.24) is 19.5 Å². The molecule has 0 amide bonds. The molecule has 0 fully saturated rings. The SMILES string of the molecule is O=c1c2ncoc2c2ccc(C(F)(F)F)nc2n1-c1cccnc1C(F)(F)F. The van der Waals surface area contributed by atoms with Crippen molar-refractivity contribution in [3.8, 4) is 5.69 Å². The Balaban J connectivity index is 2.22. The zero-order valence-electron chi connectivity index (χ0n) is 13.3. The molecule has 0 saturated carbocycles. The van der Waals surface area contributed by atoms with Crippen LogP contribution in [-0.4, -0.2) is 19.5 Å². The van der Waals surface area contributed by atoms with Gasteiger partial charge in [-0.1, -0.05) is 0 Å². The summed E-state index contributed by atoms with van der Waals surface area (Å²) in [5.74, 6) is 0. The van der Waals surface area contributed by atoms with Gasteiger partial charge in [0, 0.05) is 6.20 Å². The summed E-state index contributed by atoms with van der Waals surface area (Å²) in [5.41, 5.74) is -5.95. The summed E-state index contributed by atoms with van der Waals surface area (Å²) >= 11 is 0. The first kappa shape index (κ1) is 17.9. The molecule has 0 atom stereocenters. The summed E-state index contributed by atoms with van der Waals surface area (Å²) in [6.45, 7) is 0. The van der Waals surface area contributed by atoms with E-state index in [9.17, 15) is 31.1 Å². The lowest BCUT2D eigenvalue weighted by Crippen LogP contribution is -2.24. The van der Waals surface area contributed by atoms with Crippen LogP contribution in [0.5, 0.6) is 0 Å². The molecular weight excluding hydrogens is 394 g/mol. The molecule has 0 aliphatic rings. The molecule has 0 N–H and O–H groups in total. The van der Waals surface area contributed by atoms with Gasteiger partial charge in [0.1, 0.15) is 5.69 Å². The zero-order chi connectivity index (χ0) is 20.3. The molecule has 0 aliphatic heterocycles. The van der Waals surface area contributed by atoms with Gasteiger partial charge in [-0.3, -0.25) is 9.36 Å². The standard InChI is InChI=1S/C16H6F6N4O2/c17-15(18,19)9-4-3-7-11-10(24-6-28-11)14(27)26(13(7)25-9)8-2-1-5-23-12(8)16(20,21)22/h1-6H. The van der Waals surface area contributed by atoms with E-state index in [1.807, 2.05) is 0 Å². The number of alkyl halides is 6. The van der Waals surface area contributed by atoms with Gasteiger partial charge >= 0.3 is 12.4 Å². The third-order valence-corrected chi connectivity index (χ3v) is 3.89. The van der Waals surface area contributed by atoms with Gasteiger partial charge in [0.15, 0.2) is 28.8 Å². The van der Waals surface area contributed by atoms with Crippen LogP contribution in [0, 0.1) is 0 Å². The van der Waals surface area contributed by atoms with Crippen LogP contribution >= 0.6 is 0 Å². The van der Waals surface area contributed by atoms with Crippen molar-refractivity contribution in [2.24, 2.45) is 0 Å². The molecule has 4 aromatic heterocycles. The minimum Gasteiger partial charge on any atom is -0.442 e. The van der Waals surface area contributed by atoms with Gasteiger partial charge in [-0.25, -0.2) is 15.0 Å². The third-order valence-electron chi connectivity index (χ3n) is 3.89. The predicted octanol–water partition coefficient (Wildman–Crippen LogP) is 3.96. The van der Waals surface area contributed by atoms with E-state index in [2.05, 4.69) is 15.0 Å². The minimum absolute atomic E-state index is 0.114. The molecule has 0 aliphatic carbocycles. The molecule has 0 saturated heterocycles. The Morgan fingerprint density at radius 2 is 1.71 bits per heavy atom. The summed E-state index contributed by atoms with van der Waals surface area (Å²) in [7, 11) is 0. The number of hydrogen-bond acceptors (Lipinski definition) is 5. The second-order valence-corrected chi connectivity index (χ2v) is 5.60. The first-order valence-electron chi connectivity index (χ1n) is 7.48. The van der Waals surface area contributed by atoms with Crippen LogP contribution in [0.4, 0.5) is 26.3 Å². The summed E-state index contributed by atoms with van der Waals surface area (Å²) in [4.78, 5) is 23.1. The van der Waals surface area contributed by atoms with E-state index in [-0.39, 0.29) is 16.5 Å². The topological polar surface area (TPSA) is 73.8 Å². The van der Waals surface area contributed by atoms with Crippen LogP contribution in [0.1, 0.15) is 11.4 Å². The molecule has 4 heterocycles. The molecule has 0 spiro atoms. The quantitative estimate of drug-likeness (QED) is 0.452. The molecule has 0 bridgehead atoms. The number of rotatable bonds is 1. The monoisotopic (exact) mass is 400 g/mol. The second-order valence-electron chi connectivity index (χ2n) is 5.60. The van der Waals surface area contributed by atoms with E-state index in [1.165, 1.54) is 0 Å². The van der Waals surface area contributed by atoms with Crippen molar-refractivity contribution in [3.63, 3.8) is 0 Å². The fourth-order valence-corrected chi connectivity index (χ4v) is 2.76. The van der Waals surface area contributed by atoms with E-state index in [0.717, 1.165) is 30.8 Å². The van der Waals surface area contributed by atoms with Crippen LogP contribution in [0.15, 0.2) is 46.1 Å². The summed E-state index contributed by atoms with van der Waals surface area (Å²) in [6.07, 6.45) is -8.14. The summed E-state index contributed by atoms with van der Waals surface area (Å²) < 4.78 is 84.9. The van der Waals surface area contributed by atoms with Crippen LogP contribution < -0.4 is 5.56 Å². The second kappa shape index (κ2) is 5.78. The molecule has 144 valence electrons. The lowest BCUT2D eigenvalue weighted by molar-refractivity contribution is -0.142. The Bertz CT molecular complexity index is 1270. The lowest BCUT2D eigenvalue weighted by Gasteiger charge is -2.16. The smallest absolute Gasteiger partial charge is 0.435 e. The predicted molar refractivity (Wildman–Crippen MR) is 82.7 cm³/mol. The number of halogens is 6. The number of oxazole rings is 1. The average molecular weight is 400 g/mol. The van der Waals surface area contributed by atoms with Crippen molar-refractivity contribution >= 4 is 22.1 Å². The van der Waals surface area contributed by atoms with Crippen molar-refractivity contribution in [1.29, 1.82) is 0 Å². The Morgan fingerprint density at radius 1 is 0.964 bits per heavy atom. The fraction of sp³-hybridized carbons (Fsp3) is 0.125. The Labute approximate surface area is 150 Å². The van der Waals surface area contributed by atoms with Crippen molar-refractivity contribution in [2.45, 2.75) is 12.4 Å². The van der Waals surface area contributed by atoms with Gasteiger partial charge in [0.25, 0.3) is 5.56 Å². The van der Waals surface area contributed by atoms with Crippen molar-refractivity contribution < 1.29 is 30.8 Å². The summed E-state index contributed by atoms with van der Waals surface area (Å²) in [5, 5.41) is -0.114. The zero-order valence-corrected chi connectivity index (χ0v) is 13.3. The molecule has 0 radical (unpaired) electrons. The highest BCUT2D eigenvalue weighted by Crippen LogP contribution is 2.34. The highest BCUT2D eigenvalue weighted by molar-refractivity contribution is 5.99. The third kappa shape index (κ3) is 2.68. The lowest BCUT2D eigenvalue weighted by atomic mass is 10.2. The van der Waals surface area contributed by atoms with Gasteiger partial charge in [-0.2, -0.15) is 26.3 Å². The Morgan fingerprint density at radius 3 is 2.39 bits per heavy atom. The first-order valence-corrected chi connectivity index (χ1v) is 7.48. The average Bonchev–Trinajstić information content (AvgIpc) is 3.10. The molecule has 0 unspecified atom stereocenters. The van der Waals surface area contributed by atoms with Gasteiger partial charge in [0.05, 0.1) is 11.1 Å². The van der Waals surface area contributed by atoms with Crippen LogP contribution in [0.3, 0.4) is 0 Å². The largest absolute Gasteiger partial charge is 0.442 e. The van der Waals surface area contributed by atoms with Gasteiger partial charge in [-0.05, 0) is 24.3 Å². The normalized spacial score (nSPS) is 12.8. The van der Waals surface area contributed by atoms with Crippen LogP contribution in [-0.2, 0) is 12.4 Å². The van der Waals surface area contributed by atoms with E-state index in [4.69, 9.17) is 4.42 Å². The molecule has 28 heavy (non-hydrogen) atoms. The number of aromatic nitrogens is 4. The molecule has 6 nitrogen and oxygen atoms in total. The highest BCUT2D eigenvalue weighted by atomic mass is 19.4. The molecule has 0 aromatic carbocycles. The first-order chi connectivity index (χ1) is 13.1. The number of fused-ring (bicyclic) bond motifs is 3. The maximum absolute atomic E-state index is 13.4. The molecule has 4 aromatic rings. The van der Waals surface area contributed by atoms with Crippen molar-refractivity contribution in [3.05, 3.63) is 58.6 Å². The Hall–Kier alpha value is -3.44. The van der Waals surface area contributed by atoms with E-state index in [0.29, 0.717) is 10.6 Å². The maximum Gasteiger partial charge on any atom is 0.435 e. The molecule has 4 rings (SSSR count). The number of hydrogen-bond donors (Lipinski definition) is 0. The van der Waals surface area contributed by atoms with Crippen molar-refractivity contribution in [2.75, 3.05) is 0 Å². The van der Waals surface area contributed by atoms with E-state index < -0.39 is 40.6 Å². The highest BCUT2D eigenvalue weighted by Gasteiger charge is 2.37. The van der Waals surface area contributed by atoms with Crippen LogP contribution in [0.25, 0.3) is 27.8 Å². The van der Waals surface area contributed by atoms with Gasteiger partial charge in [0.2, 0.25) is 0 Å². The van der Waals surface area contributed by atoms with Gasteiger partial charge in [-0.15, -0.1) is 0 Å². The Kier molecular flexibility index (Phi) is 3.70. The van der Waals surface area contributed by atoms with E-state index >= 15 is 0 Å². The minimum atomic E-state index is -4.97. The maximum atomic E-state index is 13.4. The summed E-state index contributed by atoms with van der Waals surface area (Å²) in [6, 6.07) is 3.61. The molecular formula is C16H6F6N4O2. The van der Waals surface area contributed by atoms with Crippen LogP contribution in [0.2, 0.25) is 0 Å². The number of nitrogens with zero attached hydrogens (tertiary/aromatic N) is 4. The van der Waals surface area contributed by atoms with Gasteiger partial charge < -0.3 is 4.42 Å². The number of pyridine rings is 3.